The zero-order valence-corrected chi connectivity index (χ0v) is 27.1. The third-order valence-electron chi connectivity index (χ3n) is 8.77. The molecule has 0 saturated heterocycles. The predicted octanol–water partition coefficient (Wildman–Crippen LogP) is 7.34. The lowest BCUT2D eigenvalue weighted by Gasteiger charge is -2.20. The quantitative estimate of drug-likeness (QED) is 0.0798. The van der Waals surface area contributed by atoms with E-state index in [0.29, 0.717) is 24.9 Å². The van der Waals surface area contributed by atoms with Gasteiger partial charge in [-0.2, -0.15) is 4.98 Å². The number of anilines is 1. The SMILES string of the molecule is C=C1C(COC(=O)CCCCCCCCCC)C(OC(=O)CCCCCCCCCC)CC1n1cnc2c(=O)[nH]c(N)nc21. The minimum Gasteiger partial charge on any atom is -0.465 e. The first-order chi connectivity index (χ1) is 21.3. The van der Waals surface area contributed by atoms with Crippen molar-refractivity contribution in [1.29, 1.82) is 0 Å². The van der Waals surface area contributed by atoms with Gasteiger partial charge in [0.2, 0.25) is 5.95 Å². The van der Waals surface area contributed by atoms with E-state index in [1.807, 2.05) is 0 Å². The highest BCUT2D eigenvalue weighted by Gasteiger charge is 2.42. The minimum absolute atomic E-state index is 0.00681. The molecule has 3 unspecified atom stereocenters. The molecule has 3 atom stereocenters. The molecule has 10 heteroatoms. The first kappa shape index (κ1) is 35.3. The number of rotatable bonds is 22. The molecule has 10 nitrogen and oxygen atoms in total. The van der Waals surface area contributed by atoms with E-state index in [9.17, 15) is 14.4 Å². The lowest BCUT2D eigenvalue weighted by molar-refractivity contribution is -0.153. The molecule has 0 spiro atoms. The van der Waals surface area contributed by atoms with E-state index in [0.717, 1.165) is 44.1 Å². The number of unbranched alkanes of at least 4 members (excludes halogenated alkanes) is 14. The standard InChI is InChI=1S/C34H55N5O5/c1-4-6-8-10-12-14-16-18-20-29(40)43-23-26-25(3)27(39-24-36-31-32(39)37-34(35)38-33(31)42)22-28(26)44-30(41)21-19-17-15-13-11-9-7-5-2/h24,26-28H,3-23H2,1-2H3,(H3,35,37,38,42). The first-order valence-corrected chi connectivity index (χ1v) is 17.1. The van der Waals surface area contributed by atoms with E-state index in [1.165, 1.54) is 70.5 Å². The summed E-state index contributed by atoms with van der Waals surface area (Å²) in [7, 11) is 0. The monoisotopic (exact) mass is 613 g/mol. The number of carbonyl (C=O) groups excluding carboxylic acids is 2. The molecular weight excluding hydrogens is 558 g/mol. The van der Waals surface area contributed by atoms with Crippen LogP contribution in [0.15, 0.2) is 23.3 Å². The smallest absolute Gasteiger partial charge is 0.306 e. The van der Waals surface area contributed by atoms with Crippen LogP contribution in [0.1, 0.15) is 142 Å². The number of H-pyrrole nitrogens is 1. The third kappa shape index (κ3) is 11.1. The van der Waals surface area contributed by atoms with E-state index in [-0.39, 0.29) is 42.0 Å². The number of aromatic amines is 1. The van der Waals surface area contributed by atoms with E-state index in [4.69, 9.17) is 15.2 Å². The predicted molar refractivity (Wildman–Crippen MR) is 174 cm³/mol. The second-order valence-corrected chi connectivity index (χ2v) is 12.4. The van der Waals surface area contributed by atoms with Crippen molar-refractivity contribution in [3.05, 3.63) is 28.8 Å². The molecule has 1 aliphatic carbocycles. The molecular formula is C34H55N5O5. The number of hydrogen-bond acceptors (Lipinski definition) is 8. The molecule has 246 valence electrons. The maximum Gasteiger partial charge on any atom is 0.306 e. The van der Waals surface area contributed by atoms with Gasteiger partial charge in [-0.05, 0) is 18.4 Å². The maximum atomic E-state index is 12.9. The zero-order chi connectivity index (χ0) is 31.7. The normalized spacial score (nSPS) is 18.2. The van der Waals surface area contributed by atoms with Crippen molar-refractivity contribution in [2.45, 2.75) is 148 Å². The van der Waals surface area contributed by atoms with E-state index in [2.05, 4.69) is 35.4 Å². The average Bonchev–Trinajstić information content (AvgIpc) is 3.54. The molecule has 0 aromatic carbocycles. The van der Waals surface area contributed by atoms with Gasteiger partial charge in [0.1, 0.15) is 12.7 Å². The summed E-state index contributed by atoms with van der Waals surface area (Å²) in [5, 5.41) is 0. The van der Waals surface area contributed by atoms with Crippen LogP contribution in [0.3, 0.4) is 0 Å². The number of fused-ring (bicyclic) bond motifs is 1. The lowest BCUT2D eigenvalue weighted by atomic mass is 10.0. The molecule has 0 amide bonds. The van der Waals surface area contributed by atoms with Gasteiger partial charge in [-0.15, -0.1) is 0 Å². The summed E-state index contributed by atoms with van der Waals surface area (Å²) >= 11 is 0. The van der Waals surface area contributed by atoms with Gasteiger partial charge >= 0.3 is 11.9 Å². The van der Waals surface area contributed by atoms with Crippen molar-refractivity contribution in [3.63, 3.8) is 0 Å². The van der Waals surface area contributed by atoms with Crippen LogP contribution >= 0.6 is 0 Å². The summed E-state index contributed by atoms with van der Waals surface area (Å²) in [5.74, 6) is -0.876. The van der Waals surface area contributed by atoms with Gasteiger partial charge in [0.15, 0.2) is 11.2 Å². The molecule has 0 radical (unpaired) electrons. The Kier molecular flexibility index (Phi) is 15.5. The maximum absolute atomic E-state index is 12.9. The summed E-state index contributed by atoms with van der Waals surface area (Å²) < 4.78 is 13.5. The van der Waals surface area contributed by atoms with Gasteiger partial charge in [-0.25, -0.2) is 4.98 Å². The fourth-order valence-corrected chi connectivity index (χ4v) is 6.12. The van der Waals surface area contributed by atoms with Crippen LogP contribution < -0.4 is 11.3 Å². The molecule has 0 aliphatic heterocycles. The second kappa shape index (κ2) is 19.3. The van der Waals surface area contributed by atoms with Crippen LogP contribution in [-0.4, -0.2) is 44.2 Å². The van der Waals surface area contributed by atoms with Crippen LogP contribution in [0.2, 0.25) is 0 Å². The summed E-state index contributed by atoms with van der Waals surface area (Å²) in [6.45, 7) is 8.83. The Morgan fingerprint density at radius 1 is 0.909 bits per heavy atom. The molecule has 2 heterocycles. The van der Waals surface area contributed by atoms with Crippen LogP contribution in [0.5, 0.6) is 0 Å². The van der Waals surface area contributed by atoms with E-state index < -0.39 is 11.7 Å². The van der Waals surface area contributed by atoms with Crippen molar-refractivity contribution in [1.82, 2.24) is 19.5 Å². The van der Waals surface area contributed by atoms with Gasteiger partial charge in [0, 0.05) is 19.3 Å². The number of carbonyl (C=O) groups is 2. The Balaban J connectivity index is 1.56. The van der Waals surface area contributed by atoms with Crippen molar-refractivity contribution >= 4 is 29.1 Å². The van der Waals surface area contributed by atoms with Crippen LogP contribution in [-0.2, 0) is 19.1 Å². The van der Waals surface area contributed by atoms with Gasteiger partial charge in [-0.3, -0.25) is 19.4 Å². The van der Waals surface area contributed by atoms with E-state index >= 15 is 0 Å². The molecule has 1 fully saturated rings. The summed E-state index contributed by atoms with van der Waals surface area (Å²) in [5.41, 5.74) is 6.66. The van der Waals surface area contributed by atoms with Crippen molar-refractivity contribution in [3.8, 4) is 0 Å². The number of nitrogens with zero attached hydrogens (tertiary/aromatic N) is 3. The fraction of sp³-hybridized carbons (Fsp3) is 0.735. The Hall–Kier alpha value is -3.17. The second-order valence-electron chi connectivity index (χ2n) is 12.4. The molecule has 1 saturated carbocycles. The highest BCUT2D eigenvalue weighted by molar-refractivity contribution is 5.71. The number of nitrogens with two attached hydrogens (primary N) is 1. The first-order valence-electron chi connectivity index (χ1n) is 17.1. The lowest BCUT2D eigenvalue weighted by Crippen LogP contribution is -2.27. The van der Waals surface area contributed by atoms with Crippen molar-refractivity contribution in [2.75, 3.05) is 12.3 Å². The van der Waals surface area contributed by atoms with Crippen LogP contribution in [0.25, 0.3) is 11.2 Å². The Labute approximate surface area is 262 Å². The average molecular weight is 614 g/mol. The van der Waals surface area contributed by atoms with Crippen LogP contribution in [0, 0.1) is 5.92 Å². The topological polar surface area (TPSA) is 142 Å². The fourth-order valence-electron chi connectivity index (χ4n) is 6.12. The summed E-state index contributed by atoms with van der Waals surface area (Å²) in [6, 6.07) is -0.342. The van der Waals surface area contributed by atoms with Crippen molar-refractivity contribution < 1.29 is 19.1 Å². The zero-order valence-electron chi connectivity index (χ0n) is 27.1. The third-order valence-corrected chi connectivity index (χ3v) is 8.77. The van der Waals surface area contributed by atoms with E-state index in [1.54, 1.807) is 4.57 Å². The Morgan fingerprint density at radius 3 is 2.05 bits per heavy atom. The number of nitrogens with one attached hydrogen (secondary N) is 1. The number of esters is 2. The molecule has 1 aliphatic rings. The summed E-state index contributed by atoms with van der Waals surface area (Å²) in [4.78, 5) is 48.9. The Bertz CT molecular complexity index is 1240. The minimum atomic E-state index is -0.512. The van der Waals surface area contributed by atoms with Crippen LogP contribution in [0.4, 0.5) is 5.95 Å². The molecule has 2 aromatic heterocycles. The Morgan fingerprint density at radius 2 is 1.45 bits per heavy atom. The molecule has 3 rings (SSSR count). The molecule has 0 bridgehead atoms. The summed E-state index contributed by atoms with van der Waals surface area (Å²) in [6.07, 6.45) is 20.6. The molecule has 44 heavy (non-hydrogen) atoms. The number of ether oxygens (including phenoxy) is 2. The highest BCUT2D eigenvalue weighted by Crippen LogP contribution is 2.42. The largest absolute Gasteiger partial charge is 0.465 e. The number of aromatic nitrogens is 4. The van der Waals surface area contributed by atoms with Gasteiger partial charge in [-0.1, -0.05) is 110 Å². The van der Waals surface area contributed by atoms with Gasteiger partial charge in [0.05, 0.1) is 18.3 Å². The van der Waals surface area contributed by atoms with Gasteiger partial charge < -0.3 is 19.8 Å². The number of nitrogen functional groups attached to an aromatic ring is 1. The number of hydrogen-bond donors (Lipinski definition) is 2. The molecule has 2 aromatic rings. The number of imidazole rings is 1. The molecule has 3 N–H and O–H groups in total. The van der Waals surface area contributed by atoms with Crippen molar-refractivity contribution in [2.24, 2.45) is 5.92 Å². The van der Waals surface area contributed by atoms with Gasteiger partial charge in [0.25, 0.3) is 5.56 Å². The highest BCUT2D eigenvalue weighted by atomic mass is 16.6.